The van der Waals surface area contributed by atoms with Crippen molar-refractivity contribution in [2.75, 3.05) is 0 Å². The fourth-order valence-corrected chi connectivity index (χ4v) is 0.314. The number of hydrogen-bond acceptors (Lipinski definition) is 3. The largest absolute Gasteiger partial charge is 0.368 e. The summed E-state index contributed by atoms with van der Waals surface area (Å²) in [4.78, 5) is 0. The average molecular weight is 124 g/mol. The minimum absolute atomic E-state index is 0.719. The van der Waals surface area contributed by atoms with Gasteiger partial charge in [-0.15, -0.1) is 5.92 Å². The molecule has 0 aromatic rings. The van der Waals surface area contributed by atoms with E-state index in [2.05, 4.69) is 11.8 Å². The molecule has 0 fully saturated rings. The van der Waals surface area contributed by atoms with Crippen LogP contribution in [0.1, 0.15) is 6.92 Å². The van der Waals surface area contributed by atoms with Gasteiger partial charge in [0, 0.05) is 12.4 Å². The Kier molecular flexibility index (Phi) is 2.62. The Morgan fingerprint density at radius 3 is 2.00 bits per heavy atom. The highest BCUT2D eigenvalue weighted by molar-refractivity contribution is 5.94. The first-order valence-electron chi connectivity index (χ1n) is 2.38. The molecule has 3 nitrogen and oxygen atoms in total. The molecule has 0 saturated heterocycles. The van der Waals surface area contributed by atoms with Crippen LogP contribution in [-0.4, -0.2) is 23.1 Å². The summed E-state index contributed by atoms with van der Waals surface area (Å²) < 4.78 is 0. The van der Waals surface area contributed by atoms with E-state index in [1.165, 1.54) is 6.92 Å². The maximum absolute atomic E-state index is 8.97. The smallest absolute Gasteiger partial charge is 0.195 e. The van der Waals surface area contributed by atoms with Gasteiger partial charge in [-0.25, -0.2) is 0 Å². The molecule has 0 heterocycles. The van der Waals surface area contributed by atoms with Crippen molar-refractivity contribution in [2.45, 2.75) is 12.5 Å². The van der Waals surface area contributed by atoms with Crippen LogP contribution in [0.2, 0.25) is 0 Å². The van der Waals surface area contributed by atoms with Crippen molar-refractivity contribution < 1.29 is 5.11 Å². The first kappa shape index (κ1) is 7.86. The van der Waals surface area contributed by atoms with Crippen molar-refractivity contribution in [3.8, 4) is 11.8 Å². The average Bonchev–Trinajstić information content (AvgIpc) is 1.89. The van der Waals surface area contributed by atoms with Crippen LogP contribution in [0.5, 0.6) is 0 Å². The third kappa shape index (κ3) is 2.06. The molecule has 0 aliphatic heterocycles. The first-order chi connectivity index (χ1) is 4.18. The third-order valence-electron chi connectivity index (χ3n) is 0.765. The molecule has 0 aliphatic carbocycles. The van der Waals surface area contributed by atoms with E-state index >= 15 is 0 Å². The predicted octanol–water partition coefficient (Wildman–Crippen LogP) is 0.0399. The molecule has 0 bridgehead atoms. The van der Waals surface area contributed by atoms with Crippen LogP contribution in [0.4, 0.5) is 0 Å². The third-order valence-corrected chi connectivity index (χ3v) is 0.765. The Morgan fingerprint density at radius 2 is 1.89 bits per heavy atom. The van der Waals surface area contributed by atoms with E-state index in [0.29, 0.717) is 0 Å². The summed E-state index contributed by atoms with van der Waals surface area (Å²) >= 11 is 0. The van der Waals surface area contributed by atoms with Gasteiger partial charge in [0.2, 0.25) is 0 Å². The highest BCUT2D eigenvalue weighted by Gasteiger charge is 2.15. The van der Waals surface area contributed by atoms with E-state index < -0.39 is 5.60 Å². The maximum atomic E-state index is 8.97. The Bertz CT molecular complexity index is 167. The molecule has 48 valence electrons. The zero-order valence-electron chi connectivity index (χ0n) is 5.10. The molecule has 0 radical (unpaired) electrons. The van der Waals surface area contributed by atoms with E-state index in [1.54, 1.807) is 0 Å². The van der Waals surface area contributed by atoms with Crippen LogP contribution >= 0.6 is 0 Å². The Hall–Kier alpha value is -1.14. The van der Waals surface area contributed by atoms with E-state index in [0.717, 1.165) is 12.4 Å². The molecule has 0 atom stereocenters. The minimum Gasteiger partial charge on any atom is -0.368 e. The van der Waals surface area contributed by atoms with Crippen LogP contribution in [0.25, 0.3) is 0 Å². The van der Waals surface area contributed by atoms with Gasteiger partial charge < -0.3 is 15.9 Å². The summed E-state index contributed by atoms with van der Waals surface area (Å²) in [5.41, 5.74) is -1.64. The highest BCUT2D eigenvalue weighted by Crippen LogP contribution is 1.91. The van der Waals surface area contributed by atoms with Gasteiger partial charge in [0.15, 0.2) is 5.60 Å². The van der Waals surface area contributed by atoms with E-state index in [9.17, 15) is 0 Å². The summed E-state index contributed by atoms with van der Waals surface area (Å²) in [6, 6.07) is 0. The molecule has 0 saturated carbocycles. The maximum Gasteiger partial charge on any atom is 0.195 e. The standard InChI is InChI=1S/C6H8N2O/c1-2-3-6(9,4-7)5-8/h4-5,7-9H,1H3. The van der Waals surface area contributed by atoms with Gasteiger partial charge in [0.05, 0.1) is 0 Å². The second kappa shape index (κ2) is 3.00. The molecular formula is C6H8N2O. The Morgan fingerprint density at radius 1 is 1.44 bits per heavy atom. The van der Waals surface area contributed by atoms with Gasteiger partial charge in [-0.2, -0.15) is 0 Å². The van der Waals surface area contributed by atoms with E-state index in [1.807, 2.05) is 0 Å². The van der Waals surface area contributed by atoms with Crippen molar-refractivity contribution in [2.24, 2.45) is 0 Å². The lowest BCUT2D eigenvalue weighted by molar-refractivity contribution is 0.251. The molecular weight excluding hydrogens is 116 g/mol. The number of aliphatic hydroxyl groups is 1. The molecule has 0 unspecified atom stereocenters. The zero-order chi connectivity index (χ0) is 7.33. The Labute approximate surface area is 53.7 Å². The lowest BCUT2D eigenvalue weighted by Crippen LogP contribution is -2.29. The van der Waals surface area contributed by atoms with Gasteiger partial charge in [0.25, 0.3) is 0 Å². The lowest BCUT2D eigenvalue weighted by atomic mass is 10.1. The molecule has 0 aromatic carbocycles. The summed E-state index contributed by atoms with van der Waals surface area (Å²) in [6.45, 7) is 1.54. The van der Waals surface area contributed by atoms with E-state index in [-0.39, 0.29) is 0 Å². The number of nitrogens with one attached hydrogen (secondary N) is 2. The summed E-state index contributed by atoms with van der Waals surface area (Å²) in [6.07, 6.45) is 1.44. The van der Waals surface area contributed by atoms with Crippen molar-refractivity contribution in [3.63, 3.8) is 0 Å². The van der Waals surface area contributed by atoms with Gasteiger partial charge in [0.1, 0.15) is 0 Å². The highest BCUT2D eigenvalue weighted by atomic mass is 16.3. The molecule has 3 heteroatoms. The van der Waals surface area contributed by atoms with Crippen LogP contribution < -0.4 is 0 Å². The van der Waals surface area contributed by atoms with Gasteiger partial charge >= 0.3 is 0 Å². The van der Waals surface area contributed by atoms with Gasteiger partial charge in [-0.3, -0.25) is 0 Å². The lowest BCUT2D eigenvalue weighted by Gasteiger charge is -2.06. The van der Waals surface area contributed by atoms with Crippen molar-refractivity contribution >= 4 is 12.4 Å². The number of hydrogen-bond donors (Lipinski definition) is 3. The normalized spacial score (nSPS) is 14.4. The van der Waals surface area contributed by atoms with Crippen LogP contribution in [0.3, 0.4) is 0 Å². The topological polar surface area (TPSA) is 67.9 Å². The fourth-order valence-electron chi connectivity index (χ4n) is 0.314. The summed E-state index contributed by atoms with van der Waals surface area (Å²) in [5, 5.41) is 22.2. The molecule has 0 rings (SSSR count). The molecule has 0 spiro atoms. The quantitative estimate of drug-likeness (QED) is 0.353. The SMILES string of the molecule is CC#CC(O)(C=N)C=N. The second-order valence-electron chi connectivity index (χ2n) is 1.49. The van der Waals surface area contributed by atoms with Gasteiger partial charge in [-0.05, 0) is 6.92 Å². The Balaban J connectivity index is 4.39. The predicted molar refractivity (Wildman–Crippen MR) is 36.0 cm³/mol. The van der Waals surface area contributed by atoms with Crippen molar-refractivity contribution in [1.29, 1.82) is 10.8 Å². The van der Waals surface area contributed by atoms with Crippen LogP contribution in [0, 0.1) is 22.7 Å². The molecule has 9 heavy (non-hydrogen) atoms. The number of rotatable bonds is 2. The molecule has 0 amide bonds. The van der Waals surface area contributed by atoms with Crippen molar-refractivity contribution in [1.82, 2.24) is 0 Å². The minimum atomic E-state index is -1.64. The van der Waals surface area contributed by atoms with Crippen molar-refractivity contribution in [3.05, 3.63) is 0 Å². The van der Waals surface area contributed by atoms with E-state index in [4.69, 9.17) is 15.9 Å². The fraction of sp³-hybridized carbons (Fsp3) is 0.333. The summed E-state index contributed by atoms with van der Waals surface area (Å²) in [5.74, 6) is 4.69. The zero-order valence-corrected chi connectivity index (χ0v) is 5.10. The molecule has 0 aliphatic rings. The summed E-state index contributed by atoms with van der Waals surface area (Å²) in [7, 11) is 0. The van der Waals surface area contributed by atoms with Crippen LogP contribution in [-0.2, 0) is 0 Å². The first-order valence-corrected chi connectivity index (χ1v) is 2.38. The second-order valence-corrected chi connectivity index (χ2v) is 1.49. The molecule has 3 N–H and O–H groups in total. The van der Waals surface area contributed by atoms with Crippen LogP contribution in [0.15, 0.2) is 0 Å². The van der Waals surface area contributed by atoms with Gasteiger partial charge in [-0.1, -0.05) is 5.92 Å². The monoisotopic (exact) mass is 124 g/mol. The molecule has 0 aromatic heterocycles.